The van der Waals surface area contributed by atoms with E-state index in [-0.39, 0.29) is 6.04 Å². The number of benzene rings is 1. The molecule has 1 N–H and O–H groups in total. The van der Waals surface area contributed by atoms with Crippen molar-refractivity contribution in [1.82, 2.24) is 10.3 Å². The second-order valence-corrected chi connectivity index (χ2v) is 5.47. The predicted octanol–water partition coefficient (Wildman–Crippen LogP) is 3.80. The first kappa shape index (κ1) is 15.5. The molecule has 1 aromatic heterocycles. The number of pyridine rings is 1. The first-order valence-corrected chi connectivity index (χ1v) is 7.44. The van der Waals surface area contributed by atoms with Crippen molar-refractivity contribution >= 4 is 0 Å². The second-order valence-electron chi connectivity index (χ2n) is 5.47. The Morgan fingerprint density at radius 2 is 1.76 bits per heavy atom. The van der Waals surface area contributed by atoms with E-state index in [4.69, 9.17) is 4.74 Å². The fourth-order valence-electron chi connectivity index (χ4n) is 2.60. The standard InChI is InChI=1S/C18H24N2O/c1-5-6-20-18(15-8-13(2)7-14(3)9-15)16-10-17(21-4)12-19-11-16/h7-12,18,20H,5-6H2,1-4H3. The van der Waals surface area contributed by atoms with Crippen molar-refractivity contribution in [2.24, 2.45) is 0 Å². The quantitative estimate of drug-likeness (QED) is 0.876. The monoisotopic (exact) mass is 284 g/mol. The maximum atomic E-state index is 5.30. The van der Waals surface area contributed by atoms with Gasteiger partial charge in [0.1, 0.15) is 5.75 Å². The molecular formula is C18H24N2O. The third kappa shape index (κ3) is 4.05. The summed E-state index contributed by atoms with van der Waals surface area (Å²) in [6, 6.07) is 8.87. The molecule has 0 radical (unpaired) electrons. The summed E-state index contributed by atoms with van der Waals surface area (Å²) in [5, 5.41) is 3.61. The molecule has 0 aliphatic carbocycles. The number of hydrogen-bond acceptors (Lipinski definition) is 3. The molecule has 1 aromatic carbocycles. The van der Waals surface area contributed by atoms with E-state index < -0.39 is 0 Å². The summed E-state index contributed by atoms with van der Waals surface area (Å²) in [5.74, 6) is 0.792. The topological polar surface area (TPSA) is 34.2 Å². The molecule has 1 unspecified atom stereocenters. The summed E-state index contributed by atoms with van der Waals surface area (Å²) < 4.78 is 5.30. The molecule has 1 heterocycles. The van der Waals surface area contributed by atoms with Crippen LogP contribution in [0.4, 0.5) is 0 Å². The highest BCUT2D eigenvalue weighted by molar-refractivity contribution is 5.38. The van der Waals surface area contributed by atoms with Crippen molar-refractivity contribution in [3.05, 3.63) is 58.9 Å². The Morgan fingerprint density at radius 1 is 1.05 bits per heavy atom. The summed E-state index contributed by atoms with van der Waals surface area (Å²) in [4.78, 5) is 4.29. The van der Waals surface area contributed by atoms with Crippen LogP contribution in [0.5, 0.6) is 5.75 Å². The van der Waals surface area contributed by atoms with Crippen molar-refractivity contribution in [2.75, 3.05) is 13.7 Å². The molecule has 2 rings (SSSR count). The molecule has 0 aliphatic rings. The van der Waals surface area contributed by atoms with Gasteiger partial charge in [0, 0.05) is 6.20 Å². The molecule has 1 atom stereocenters. The highest BCUT2D eigenvalue weighted by atomic mass is 16.5. The van der Waals surface area contributed by atoms with Crippen LogP contribution in [0.3, 0.4) is 0 Å². The van der Waals surface area contributed by atoms with Gasteiger partial charge in [-0.15, -0.1) is 0 Å². The number of nitrogens with one attached hydrogen (secondary N) is 1. The Hall–Kier alpha value is -1.87. The average molecular weight is 284 g/mol. The molecule has 0 spiro atoms. The number of aromatic nitrogens is 1. The summed E-state index contributed by atoms with van der Waals surface area (Å²) in [7, 11) is 1.67. The molecule has 21 heavy (non-hydrogen) atoms. The minimum absolute atomic E-state index is 0.145. The number of ether oxygens (including phenoxy) is 1. The number of nitrogens with zero attached hydrogens (tertiary/aromatic N) is 1. The number of rotatable bonds is 6. The van der Waals surface area contributed by atoms with Crippen LogP contribution in [-0.2, 0) is 0 Å². The average Bonchev–Trinajstić information content (AvgIpc) is 2.47. The van der Waals surface area contributed by atoms with Gasteiger partial charge in [-0.2, -0.15) is 0 Å². The molecule has 112 valence electrons. The molecule has 2 aromatic rings. The third-order valence-electron chi connectivity index (χ3n) is 3.48. The maximum absolute atomic E-state index is 5.30. The van der Waals surface area contributed by atoms with Gasteiger partial charge in [0.05, 0.1) is 19.3 Å². The van der Waals surface area contributed by atoms with Gasteiger partial charge in [-0.3, -0.25) is 4.98 Å². The minimum Gasteiger partial charge on any atom is -0.495 e. The van der Waals surface area contributed by atoms with Gasteiger partial charge in [0.2, 0.25) is 0 Å². The summed E-state index contributed by atoms with van der Waals surface area (Å²) in [6.45, 7) is 7.42. The highest BCUT2D eigenvalue weighted by Gasteiger charge is 2.15. The van der Waals surface area contributed by atoms with Crippen molar-refractivity contribution < 1.29 is 4.74 Å². The van der Waals surface area contributed by atoms with Gasteiger partial charge in [-0.05, 0) is 44.0 Å². The van der Waals surface area contributed by atoms with Crippen LogP contribution >= 0.6 is 0 Å². The molecule has 3 nitrogen and oxygen atoms in total. The molecule has 0 bridgehead atoms. The van der Waals surface area contributed by atoms with Crippen LogP contribution in [0.1, 0.15) is 41.6 Å². The van der Waals surface area contributed by atoms with E-state index in [1.54, 1.807) is 13.3 Å². The lowest BCUT2D eigenvalue weighted by molar-refractivity contribution is 0.411. The van der Waals surface area contributed by atoms with Crippen LogP contribution in [0, 0.1) is 13.8 Å². The summed E-state index contributed by atoms with van der Waals surface area (Å²) in [5.41, 5.74) is 4.97. The van der Waals surface area contributed by atoms with E-state index in [9.17, 15) is 0 Å². The molecule has 3 heteroatoms. The van der Waals surface area contributed by atoms with Gasteiger partial charge in [-0.1, -0.05) is 36.2 Å². The fraction of sp³-hybridized carbons (Fsp3) is 0.389. The van der Waals surface area contributed by atoms with Gasteiger partial charge in [-0.25, -0.2) is 0 Å². The molecule has 0 fully saturated rings. The minimum atomic E-state index is 0.145. The van der Waals surface area contributed by atoms with Crippen LogP contribution in [0.2, 0.25) is 0 Å². The largest absolute Gasteiger partial charge is 0.495 e. The molecule has 0 aliphatic heterocycles. The smallest absolute Gasteiger partial charge is 0.137 e. The summed E-state index contributed by atoms with van der Waals surface area (Å²) >= 11 is 0. The van der Waals surface area contributed by atoms with E-state index in [0.29, 0.717) is 0 Å². The normalized spacial score (nSPS) is 12.2. The lowest BCUT2D eigenvalue weighted by Gasteiger charge is -2.21. The van der Waals surface area contributed by atoms with Crippen LogP contribution in [-0.4, -0.2) is 18.6 Å². The van der Waals surface area contributed by atoms with Gasteiger partial charge < -0.3 is 10.1 Å². The SMILES string of the molecule is CCCNC(c1cc(C)cc(C)c1)c1cncc(OC)c1. The summed E-state index contributed by atoms with van der Waals surface area (Å²) in [6.07, 6.45) is 4.74. The lowest BCUT2D eigenvalue weighted by Crippen LogP contribution is -2.23. The fourth-order valence-corrected chi connectivity index (χ4v) is 2.60. The van der Waals surface area contributed by atoms with E-state index in [1.165, 1.54) is 16.7 Å². The zero-order valence-electron chi connectivity index (χ0n) is 13.3. The lowest BCUT2D eigenvalue weighted by atomic mass is 9.96. The Kier molecular flexibility index (Phi) is 5.34. The molecular weight excluding hydrogens is 260 g/mol. The number of hydrogen-bond donors (Lipinski definition) is 1. The Labute approximate surface area is 127 Å². The van der Waals surface area contributed by atoms with Gasteiger partial charge >= 0.3 is 0 Å². The highest BCUT2D eigenvalue weighted by Crippen LogP contribution is 2.26. The van der Waals surface area contributed by atoms with Gasteiger partial charge in [0.25, 0.3) is 0 Å². The third-order valence-corrected chi connectivity index (χ3v) is 3.48. The predicted molar refractivity (Wildman–Crippen MR) is 86.8 cm³/mol. The van der Waals surface area contributed by atoms with Crippen LogP contribution < -0.4 is 10.1 Å². The first-order valence-electron chi connectivity index (χ1n) is 7.44. The number of aryl methyl sites for hydroxylation is 2. The Bertz CT molecular complexity index is 575. The molecule has 0 saturated heterocycles. The number of methoxy groups -OCH3 is 1. The maximum Gasteiger partial charge on any atom is 0.137 e. The van der Waals surface area contributed by atoms with E-state index in [1.807, 2.05) is 6.20 Å². The van der Waals surface area contributed by atoms with Crippen LogP contribution in [0.15, 0.2) is 36.7 Å². The van der Waals surface area contributed by atoms with Gasteiger partial charge in [0.15, 0.2) is 0 Å². The van der Waals surface area contributed by atoms with Crippen molar-refractivity contribution in [1.29, 1.82) is 0 Å². The first-order chi connectivity index (χ1) is 10.1. The van der Waals surface area contributed by atoms with Crippen molar-refractivity contribution in [3.8, 4) is 5.75 Å². The van der Waals surface area contributed by atoms with Crippen LogP contribution in [0.25, 0.3) is 0 Å². The van der Waals surface area contributed by atoms with E-state index >= 15 is 0 Å². The van der Waals surface area contributed by atoms with Crippen molar-refractivity contribution in [2.45, 2.75) is 33.2 Å². The second kappa shape index (κ2) is 7.23. The van der Waals surface area contributed by atoms with Crippen molar-refractivity contribution in [3.63, 3.8) is 0 Å². The zero-order chi connectivity index (χ0) is 15.2. The van der Waals surface area contributed by atoms with E-state index in [2.05, 4.69) is 55.3 Å². The zero-order valence-corrected chi connectivity index (χ0v) is 13.3. The van der Waals surface area contributed by atoms with E-state index in [0.717, 1.165) is 24.3 Å². The Balaban J connectivity index is 2.41. The Morgan fingerprint density at radius 3 is 2.38 bits per heavy atom. The molecule has 0 saturated carbocycles. The molecule has 0 amide bonds.